The monoisotopic (exact) mass is 354 g/mol. The van der Waals surface area contributed by atoms with Gasteiger partial charge in [-0.3, -0.25) is 15.6 Å². The number of rotatable bonds is 3. The van der Waals surface area contributed by atoms with Crippen LogP contribution in [0.5, 0.6) is 0 Å². The molecule has 3 rings (SSSR count). The number of nitrogens with one attached hydrogen (secondary N) is 3. The zero-order valence-corrected chi connectivity index (χ0v) is 14.7. The second kappa shape index (κ2) is 7.27. The molecule has 2 aromatic carbocycles. The molecule has 0 aliphatic rings. The lowest BCUT2D eigenvalue weighted by Crippen LogP contribution is -2.45. The molecule has 1 aromatic heterocycles. The number of carbonyl (C=O) groups excluding carboxylic acids is 1. The van der Waals surface area contributed by atoms with Crippen molar-refractivity contribution >= 4 is 40.0 Å². The summed E-state index contributed by atoms with van der Waals surface area (Å²) in [6, 6.07) is 13.4. The number of thiocarbonyl (C=S) groups is 1. The van der Waals surface area contributed by atoms with E-state index in [2.05, 4.69) is 26.5 Å². The molecule has 0 unspecified atom stereocenters. The second-order valence-electron chi connectivity index (χ2n) is 5.66. The Kier molecular flexibility index (Phi) is 4.90. The number of aromatic nitrogens is 3. The standard InChI is InChI=1S/C17H18N6OS/c1-11-7-8-13(9-12(11)2)18-17(25)21-20-16(24)10-23-15-6-4-3-5-14(15)19-22-23/h3-9H,10H2,1-2H3,(H,20,24)(H2,18,21,25). The number of aryl methyl sites for hydroxylation is 2. The topological polar surface area (TPSA) is 83.9 Å². The van der Waals surface area contributed by atoms with Gasteiger partial charge in [0.25, 0.3) is 5.91 Å². The number of hydrogen-bond acceptors (Lipinski definition) is 4. The van der Waals surface area contributed by atoms with E-state index in [1.165, 1.54) is 10.2 Å². The number of anilines is 1. The van der Waals surface area contributed by atoms with Crippen molar-refractivity contribution in [3.05, 3.63) is 53.6 Å². The number of benzene rings is 2. The molecule has 1 heterocycles. The van der Waals surface area contributed by atoms with Crippen LogP contribution >= 0.6 is 12.2 Å². The van der Waals surface area contributed by atoms with Crippen molar-refractivity contribution in [2.24, 2.45) is 0 Å². The zero-order chi connectivity index (χ0) is 17.8. The van der Waals surface area contributed by atoms with E-state index in [1.807, 2.05) is 56.3 Å². The second-order valence-corrected chi connectivity index (χ2v) is 6.07. The van der Waals surface area contributed by atoms with Crippen molar-refractivity contribution < 1.29 is 4.79 Å². The molecule has 128 valence electrons. The van der Waals surface area contributed by atoms with E-state index in [9.17, 15) is 4.79 Å². The van der Waals surface area contributed by atoms with Crippen LogP contribution in [0.1, 0.15) is 11.1 Å². The van der Waals surface area contributed by atoms with Gasteiger partial charge in [-0.25, -0.2) is 4.68 Å². The average molecular weight is 354 g/mol. The molecule has 0 saturated heterocycles. The van der Waals surface area contributed by atoms with E-state index >= 15 is 0 Å². The Labute approximate surface area is 150 Å². The SMILES string of the molecule is Cc1ccc(NC(=S)NNC(=O)Cn2nnc3ccccc32)cc1C. The minimum absolute atomic E-state index is 0.0414. The Morgan fingerprint density at radius 1 is 1.12 bits per heavy atom. The van der Waals surface area contributed by atoms with Gasteiger partial charge >= 0.3 is 0 Å². The summed E-state index contributed by atoms with van der Waals surface area (Å²) in [7, 11) is 0. The largest absolute Gasteiger partial charge is 0.331 e. The van der Waals surface area contributed by atoms with Crippen LogP contribution in [-0.4, -0.2) is 26.0 Å². The average Bonchev–Trinajstić information content (AvgIpc) is 2.99. The smallest absolute Gasteiger partial charge is 0.260 e. The molecule has 3 N–H and O–H groups in total. The molecule has 0 aliphatic carbocycles. The summed E-state index contributed by atoms with van der Waals surface area (Å²) in [5.41, 5.74) is 10.0. The lowest BCUT2D eigenvalue weighted by molar-refractivity contribution is -0.122. The van der Waals surface area contributed by atoms with Gasteiger partial charge in [-0.2, -0.15) is 0 Å². The molecule has 0 bridgehead atoms. The zero-order valence-electron chi connectivity index (χ0n) is 13.9. The molecule has 0 aliphatic heterocycles. The fraction of sp³-hybridized carbons (Fsp3) is 0.176. The van der Waals surface area contributed by atoms with Crippen molar-refractivity contribution in [1.29, 1.82) is 0 Å². The van der Waals surface area contributed by atoms with E-state index in [0.717, 1.165) is 22.3 Å². The summed E-state index contributed by atoms with van der Waals surface area (Å²) < 4.78 is 1.53. The lowest BCUT2D eigenvalue weighted by atomic mass is 10.1. The summed E-state index contributed by atoms with van der Waals surface area (Å²) in [5, 5.41) is 11.3. The number of amides is 1. The minimum atomic E-state index is -0.278. The van der Waals surface area contributed by atoms with Gasteiger partial charge in [0.2, 0.25) is 0 Å². The van der Waals surface area contributed by atoms with Gasteiger partial charge in [-0.05, 0) is 61.5 Å². The van der Waals surface area contributed by atoms with Crippen molar-refractivity contribution in [2.75, 3.05) is 5.32 Å². The Bertz CT molecular complexity index is 936. The predicted molar refractivity (Wildman–Crippen MR) is 101 cm³/mol. The molecule has 8 heteroatoms. The van der Waals surface area contributed by atoms with Crippen LogP contribution in [0.15, 0.2) is 42.5 Å². The van der Waals surface area contributed by atoms with Gasteiger partial charge < -0.3 is 5.32 Å². The van der Waals surface area contributed by atoms with Crippen LogP contribution in [0, 0.1) is 13.8 Å². The lowest BCUT2D eigenvalue weighted by Gasteiger charge is -2.12. The first-order valence-corrected chi connectivity index (χ1v) is 8.15. The van der Waals surface area contributed by atoms with Crippen molar-refractivity contribution in [3.63, 3.8) is 0 Å². The van der Waals surface area contributed by atoms with Crippen LogP contribution in [0.3, 0.4) is 0 Å². The minimum Gasteiger partial charge on any atom is -0.331 e. The maximum absolute atomic E-state index is 12.1. The Morgan fingerprint density at radius 3 is 2.72 bits per heavy atom. The quantitative estimate of drug-likeness (QED) is 0.493. The first-order valence-electron chi connectivity index (χ1n) is 7.74. The summed E-state index contributed by atoms with van der Waals surface area (Å²) in [4.78, 5) is 12.1. The Morgan fingerprint density at radius 2 is 1.92 bits per heavy atom. The maximum atomic E-state index is 12.1. The molecule has 1 amide bonds. The fourth-order valence-electron chi connectivity index (χ4n) is 2.32. The molecule has 0 fully saturated rings. The molecule has 25 heavy (non-hydrogen) atoms. The van der Waals surface area contributed by atoms with E-state index < -0.39 is 0 Å². The van der Waals surface area contributed by atoms with Crippen LogP contribution < -0.4 is 16.2 Å². The third-order valence-electron chi connectivity index (χ3n) is 3.79. The predicted octanol–water partition coefficient (Wildman–Crippen LogP) is 2.07. The summed E-state index contributed by atoms with van der Waals surface area (Å²) >= 11 is 5.18. The maximum Gasteiger partial charge on any atom is 0.260 e. The van der Waals surface area contributed by atoms with Gasteiger partial charge in [-0.15, -0.1) is 5.10 Å². The highest BCUT2D eigenvalue weighted by Crippen LogP contribution is 2.13. The van der Waals surface area contributed by atoms with Gasteiger partial charge in [0.05, 0.1) is 5.52 Å². The molecule has 7 nitrogen and oxygen atoms in total. The first kappa shape index (κ1) is 16.8. The third-order valence-corrected chi connectivity index (χ3v) is 4.00. The number of para-hydroxylation sites is 1. The third kappa shape index (κ3) is 4.10. The normalized spacial score (nSPS) is 10.5. The van der Waals surface area contributed by atoms with Crippen molar-refractivity contribution in [3.8, 4) is 0 Å². The van der Waals surface area contributed by atoms with Crippen molar-refractivity contribution in [2.45, 2.75) is 20.4 Å². The van der Waals surface area contributed by atoms with Gasteiger partial charge in [0, 0.05) is 5.69 Å². The highest BCUT2D eigenvalue weighted by Gasteiger charge is 2.08. The van der Waals surface area contributed by atoms with E-state index in [-0.39, 0.29) is 12.5 Å². The number of carbonyl (C=O) groups is 1. The summed E-state index contributed by atoms with van der Waals surface area (Å²) in [6.45, 7) is 4.12. The van der Waals surface area contributed by atoms with Crippen LogP contribution in [0.4, 0.5) is 5.69 Å². The Balaban J connectivity index is 1.53. The molecule has 3 aromatic rings. The molecule has 0 saturated carbocycles. The van der Waals surface area contributed by atoms with Gasteiger partial charge in [0.15, 0.2) is 5.11 Å². The van der Waals surface area contributed by atoms with E-state index in [0.29, 0.717) is 5.11 Å². The summed E-state index contributed by atoms with van der Waals surface area (Å²) in [6.07, 6.45) is 0. The summed E-state index contributed by atoms with van der Waals surface area (Å²) in [5.74, 6) is -0.278. The van der Waals surface area contributed by atoms with Crippen molar-refractivity contribution in [1.82, 2.24) is 25.8 Å². The first-order chi connectivity index (χ1) is 12.0. The fourth-order valence-corrected chi connectivity index (χ4v) is 2.49. The highest BCUT2D eigenvalue weighted by molar-refractivity contribution is 7.80. The molecular weight excluding hydrogens is 336 g/mol. The highest BCUT2D eigenvalue weighted by atomic mass is 32.1. The molecule has 0 atom stereocenters. The van der Waals surface area contributed by atoms with Crippen LogP contribution in [0.2, 0.25) is 0 Å². The van der Waals surface area contributed by atoms with E-state index in [1.54, 1.807) is 0 Å². The molecule has 0 radical (unpaired) electrons. The number of hydrogen-bond donors (Lipinski definition) is 3. The number of fused-ring (bicyclic) bond motifs is 1. The van der Waals surface area contributed by atoms with Gasteiger partial charge in [-0.1, -0.05) is 23.4 Å². The van der Waals surface area contributed by atoms with Crippen LogP contribution in [0.25, 0.3) is 11.0 Å². The van der Waals surface area contributed by atoms with Gasteiger partial charge in [0.1, 0.15) is 12.1 Å². The van der Waals surface area contributed by atoms with Crippen LogP contribution in [-0.2, 0) is 11.3 Å². The molecular formula is C17H18N6OS. The number of nitrogens with zero attached hydrogens (tertiary/aromatic N) is 3. The van der Waals surface area contributed by atoms with E-state index in [4.69, 9.17) is 12.2 Å². The Hall–Kier alpha value is -3.00. The number of hydrazine groups is 1. The molecule has 0 spiro atoms.